The number of hydrogen-bond acceptors (Lipinski definition) is 5. The van der Waals surface area contributed by atoms with Gasteiger partial charge in [0.2, 0.25) is 0 Å². The first-order chi connectivity index (χ1) is 14.0. The van der Waals surface area contributed by atoms with Gasteiger partial charge in [-0.25, -0.2) is 4.79 Å². The molecule has 4 rings (SSSR count). The van der Waals surface area contributed by atoms with Crippen molar-refractivity contribution in [2.75, 3.05) is 18.1 Å². The van der Waals surface area contributed by atoms with E-state index in [9.17, 15) is 14.4 Å². The van der Waals surface area contributed by atoms with E-state index < -0.39 is 5.97 Å². The maximum atomic E-state index is 13.1. The summed E-state index contributed by atoms with van der Waals surface area (Å²) in [6.07, 6.45) is 2.23. The predicted molar refractivity (Wildman–Crippen MR) is 110 cm³/mol. The van der Waals surface area contributed by atoms with Crippen LogP contribution in [0.15, 0.2) is 53.5 Å². The van der Waals surface area contributed by atoms with Gasteiger partial charge in [-0.2, -0.15) is 5.10 Å². The molecule has 0 saturated heterocycles. The van der Waals surface area contributed by atoms with Crippen molar-refractivity contribution in [2.45, 2.75) is 13.3 Å². The molecular weight excluding hydrogens is 387 g/mol. The van der Waals surface area contributed by atoms with Crippen LogP contribution in [0, 0.1) is 0 Å². The molecule has 1 aromatic carbocycles. The Kier molecular flexibility index (Phi) is 5.09. The Balaban J connectivity index is 1.64. The van der Waals surface area contributed by atoms with Gasteiger partial charge in [0, 0.05) is 35.7 Å². The second-order valence-electron chi connectivity index (χ2n) is 6.65. The van der Waals surface area contributed by atoms with Crippen LogP contribution in [0.4, 0.5) is 5.69 Å². The fourth-order valence-corrected chi connectivity index (χ4v) is 4.23. The standard InChI is InChI=1S/C20H18N4O4.Al.2H/c1-2-28-20(27)18-15-10-12-24(19(26)17(15)21-22-18)14-8-6-13(7-9-14)23-11-4-3-5-16(23)25;;;/h3-9,11H,2,10,12H2,1H3,(H,21,22,26,27);;;/q;+1;;/p-1. The summed E-state index contributed by atoms with van der Waals surface area (Å²) in [7, 11) is 0. The quantitative estimate of drug-likeness (QED) is 0.473. The minimum Gasteiger partial charge on any atom is -0.461 e. The first kappa shape index (κ1) is 19.2. The summed E-state index contributed by atoms with van der Waals surface area (Å²) in [6, 6.07) is 12.2. The van der Waals surface area contributed by atoms with E-state index in [2.05, 4.69) is 5.10 Å². The minimum absolute atomic E-state index is 0.120. The normalized spacial score (nSPS) is 13.3. The lowest BCUT2D eigenvalue weighted by Crippen LogP contribution is -2.39. The molecule has 0 N–H and O–H groups in total. The molecule has 8 nitrogen and oxygen atoms in total. The van der Waals surface area contributed by atoms with Crippen molar-refractivity contribution < 1.29 is 14.3 Å². The fourth-order valence-electron chi connectivity index (χ4n) is 3.57. The molecule has 0 aliphatic carbocycles. The number of amides is 1. The van der Waals surface area contributed by atoms with Crippen molar-refractivity contribution in [1.29, 1.82) is 0 Å². The Bertz CT molecular complexity index is 1150. The average molecular weight is 406 g/mol. The maximum absolute atomic E-state index is 13.1. The van der Waals surface area contributed by atoms with Crippen LogP contribution >= 0.6 is 0 Å². The molecule has 1 amide bonds. The van der Waals surface area contributed by atoms with E-state index in [1.165, 1.54) is 10.6 Å². The summed E-state index contributed by atoms with van der Waals surface area (Å²) >= 11 is 0.478. The highest BCUT2D eigenvalue weighted by Gasteiger charge is 2.33. The van der Waals surface area contributed by atoms with Crippen LogP contribution in [0.1, 0.15) is 33.5 Å². The zero-order valence-corrected chi connectivity index (χ0v) is 18.2. The van der Waals surface area contributed by atoms with Gasteiger partial charge >= 0.3 is 22.5 Å². The predicted octanol–water partition coefficient (Wildman–Crippen LogP) is 0.810. The molecule has 1 aliphatic heterocycles. The molecular formula is C20H19AlN4O4. The second-order valence-corrected chi connectivity index (χ2v) is 7.50. The third-order valence-electron chi connectivity index (χ3n) is 4.91. The van der Waals surface area contributed by atoms with E-state index in [1.54, 1.807) is 33.8 Å². The van der Waals surface area contributed by atoms with Gasteiger partial charge in [0.15, 0.2) is 5.69 Å². The van der Waals surface area contributed by atoms with E-state index in [4.69, 9.17) is 4.74 Å². The first-order valence-corrected chi connectivity index (χ1v) is 10.2. The van der Waals surface area contributed by atoms with Gasteiger partial charge in [-0.1, -0.05) is 6.07 Å². The number of aromatic nitrogens is 3. The Morgan fingerprint density at radius 1 is 1.14 bits per heavy atom. The first-order valence-electron chi connectivity index (χ1n) is 9.34. The molecule has 0 atom stereocenters. The number of nitrogens with zero attached hydrogens (tertiary/aromatic N) is 4. The van der Waals surface area contributed by atoms with Crippen LogP contribution in [0.5, 0.6) is 0 Å². The lowest BCUT2D eigenvalue weighted by atomic mass is 10.0. The topological polar surface area (TPSA) is 86.4 Å². The number of esters is 1. The number of anilines is 1. The minimum atomic E-state index is -0.489. The fraction of sp³-hybridized carbons (Fsp3) is 0.200. The lowest BCUT2D eigenvalue weighted by molar-refractivity contribution is 0.0518. The van der Waals surface area contributed by atoms with Gasteiger partial charge < -0.3 is 13.3 Å². The zero-order chi connectivity index (χ0) is 20.5. The van der Waals surface area contributed by atoms with Gasteiger partial charge in [0.05, 0.1) is 6.61 Å². The largest absolute Gasteiger partial charge is 0.461 e. The number of hydrogen-bond donors (Lipinski definition) is 0. The van der Waals surface area contributed by atoms with Crippen molar-refractivity contribution in [2.24, 2.45) is 0 Å². The number of carbonyl (C=O) groups excluding carboxylic acids is 2. The molecule has 0 unspecified atom stereocenters. The number of benzene rings is 1. The van der Waals surface area contributed by atoms with E-state index in [0.717, 1.165) is 11.4 Å². The number of rotatable bonds is 4. The Morgan fingerprint density at radius 3 is 2.55 bits per heavy atom. The molecule has 3 heterocycles. The number of fused-ring (bicyclic) bond motifs is 1. The smallest absolute Gasteiger partial charge is 0.399 e. The Morgan fingerprint density at radius 2 is 1.86 bits per heavy atom. The Hall–Kier alpha value is -3.15. The van der Waals surface area contributed by atoms with E-state index in [0.29, 0.717) is 40.7 Å². The highest BCUT2D eigenvalue weighted by Crippen LogP contribution is 2.27. The third kappa shape index (κ3) is 3.39. The summed E-state index contributed by atoms with van der Waals surface area (Å²) in [4.78, 5) is 38.9. The van der Waals surface area contributed by atoms with E-state index in [1.807, 2.05) is 24.3 Å². The van der Waals surface area contributed by atoms with Crippen molar-refractivity contribution in [3.63, 3.8) is 0 Å². The van der Waals surface area contributed by atoms with Gasteiger partial charge in [-0.15, -0.1) is 0 Å². The number of ether oxygens (including phenoxy) is 1. The summed E-state index contributed by atoms with van der Waals surface area (Å²) in [5, 5.41) is 4.27. The van der Waals surface area contributed by atoms with Crippen molar-refractivity contribution >= 4 is 34.1 Å². The van der Waals surface area contributed by atoms with Gasteiger partial charge in [-0.05, 0) is 43.7 Å². The molecule has 9 heteroatoms. The summed E-state index contributed by atoms with van der Waals surface area (Å²) in [5.74, 6) is -0.675. The molecule has 29 heavy (non-hydrogen) atoms. The monoisotopic (exact) mass is 406 g/mol. The molecule has 0 radical (unpaired) electrons. The molecule has 0 saturated carbocycles. The molecule has 0 spiro atoms. The summed E-state index contributed by atoms with van der Waals surface area (Å²) in [6.45, 7) is 2.44. The number of pyridine rings is 1. The Labute approximate surface area is 175 Å². The third-order valence-corrected chi connectivity index (χ3v) is 5.56. The number of carbonyl (C=O) groups is 2. The molecule has 0 bridgehead atoms. The van der Waals surface area contributed by atoms with Crippen LogP contribution in [0.3, 0.4) is 0 Å². The van der Waals surface area contributed by atoms with Gasteiger partial charge in [0.25, 0.3) is 11.5 Å². The highest BCUT2D eigenvalue weighted by atomic mass is 27.1. The molecule has 2 aromatic heterocycles. The van der Waals surface area contributed by atoms with Crippen LogP contribution in [0.25, 0.3) is 5.69 Å². The van der Waals surface area contributed by atoms with E-state index >= 15 is 0 Å². The van der Waals surface area contributed by atoms with Gasteiger partial charge in [0.1, 0.15) is 5.69 Å². The lowest BCUT2D eigenvalue weighted by Gasteiger charge is -2.28. The van der Waals surface area contributed by atoms with Crippen molar-refractivity contribution in [1.82, 2.24) is 13.3 Å². The van der Waals surface area contributed by atoms with Crippen molar-refractivity contribution in [3.05, 3.63) is 76.0 Å². The van der Waals surface area contributed by atoms with Crippen LogP contribution in [-0.4, -0.2) is 54.9 Å². The van der Waals surface area contributed by atoms with Crippen LogP contribution in [0.2, 0.25) is 0 Å². The molecule has 1 aliphatic rings. The van der Waals surface area contributed by atoms with Crippen molar-refractivity contribution in [3.8, 4) is 5.69 Å². The van der Waals surface area contributed by atoms with Crippen LogP contribution < -0.4 is 10.5 Å². The maximum Gasteiger partial charge on any atom is 0.399 e. The molecule has 0 fully saturated rings. The highest BCUT2D eigenvalue weighted by molar-refractivity contribution is 6.15. The molecule has 146 valence electrons. The van der Waals surface area contributed by atoms with Crippen LogP contribution in [-0.2, 0) is 11.2 Å². The summed E-state index contributed by atoms with van der Waals surface area (Å²) < 4.78 is 8.18. The zero-order valence-electron chi connectivity index (χ0n) is 16.2. The SMILES string of the molecule is CCOC(=O)c1n[n]([AlH2])c2c1CCN(c1ccc(-n3ccccc3=O)cc1)C2=O. The average Bonchev–Trinajstić information content (AvgIpc) is 3.07. The van der Waals surface area contributed by atoms with E-state index in [-0.39, 0.29) is 23.8 Å². The summed E-state index contributed by atoms with van der Waals surface area (Å²) in [5.41, 5.74) is 2.69. The van der Waals surface area contributed by atoms with Gasteiger partial charge in [-0.3, -0.25) is 14.2 Å². The second kappa shape index (κ2) is 7.70. The molecule has 3 aromatic rings.